The van der Waals surface area contributed by atoms with E-state index in [2.05, 4.69) is 20.1 Å². The molecular formula is C18H20N4O2S. The van der Waals surface area contributed by atoms with Crippen molar-refractivity contribution in [2.75, 3.05) is 19.7 Å². The van der Waals surface area contributed by atoms with Crippen molar-refractivity contribution in [3.8, 4) is 16.2 Å². The zero-order valence-corrected chi connectivity index (χ0v) is 14.7. The number of likely N-dealkylation sites (tertiary alicyclic amines) is 1. The number of aryl methyl sites for hydroxylation is 1. The van der Waals surface area contributed by atoms with Crippen LogP contribution in [0.1, 0.15) is 30.5 Å². The van der Waals surface area contributed by atoms with Gasteiger partial charge in [0.25, 0.3) is 5.56 Å². The summed E-state index contributed by atoms with van der Waals surface area (Å²) >= 11 is 1.51. The quantitative estimate of drug-likeness (QED) is 0.757. The molecule has 3 aromatic heterocycles. The van der Waals surface area contributed by atoms with Crippen molar-refractivity contribution in [2.24, 2.45) is 0 Å². The number of hydrogen-bond donors (Lipinski definition) is 2. The molecule has 0 radical (unpaired) electrons. The van der Waals surface area contributed by atoms with Crippen LogP contribution < -0.4 is 10.3 Å². The van der Waals surface area contributed by atoms with E-state index in [4.69, 9.17) is 4.74 Å². The summed E-state index contributed by atoms with van der Waals surface area (Å²) in [6, 6.07) is 0. The van der Waals surface area contributed by atoms with E-state index >= 15 is 0 Å². The van der Waals surface area contributed by atoms with Crippen LogP contribution >= 0.6 is 11.3 Å². The Morgan fingerprint density at radius 3 is 2.96 bits per heavy atom. The van der Waals surface area contributed by atoms with Gasteiger partial charge in [-0.2, -0.15) is 5.10 Å². The third-order valence-corrected chi connectivity index (χ3v) is 6.38. The van der Waals surface area contributed by atoms with Gasteiger partial charge in [0.15, 0.2) is 0 Å². The van der Waals surface area contributed by atoms with Crippen molar-refractivity contribution < 1.29 is 4.74 Å². The minimum absolute atomic E-state index is 0.000517. The first-order valence-electron chi connectivity index (χ1n) is 8.86. The fourth-order valence-corrected chi connectivity index (χ4v) is 5.12. The van der Waals surface area contributed by atoms with Gasteiger partial charge < -0.3 is 9.72 Å². The molecule has 0 amide bonds. The highest BCUT2D eigenvalue weighted by molar-refractivity contribution is 7.22. The highest BCUT2D eigenvalue weighted by Gasteiger charge is 2.26. The summed E-state index contributed by atoms with van der Waals surface area (Å²) in [5.41, 5.74) is 3.31. The van der Waals surface area contributed by atoms with Gasteiger partial charge in [-0.1, -0.05) is 0 Å². The van der Waals surface area contributed by atoms with Crippen LogP contribution in [-0.2, 0) is 13.0 Å². The molecule has 0 atom stereocenters. The Morgan fingerprint density at radius 1 is 1.28 bits per heavy atom. The molecular weight excluding hydrogens is 336 g/mol. The molecule has 6 nitrogen and oxygen atoms in total. The molecule has 0 unspecified atom stereocenters. The largest absolute Gasteiger partial charge is 0.491 e. The zero-order chi connectivity index (χ0) is 16.8. The van der Waals surface area contributed by atoms with E-state index in [0.29, 0.717) is 6.61 Å². The van der Waals surface area contributed by atoms with Crippen LogP contribution in [0.4, 0.5) is 0 Å². The van der Waals surface area contributed by atoms with Crippen molar-refractivity contribution >= 4 is 21.4 Å². The molecule has 0 aromatic carbocycles. The number of hydrogen-bond acceptors (Lipinski definition) is 5. The molecule has 0 aliphatic carbocycles. The lowest BCUT2D eigenvalue weighted by molar-refractivity contribution is 0.319. The summed E-state index contributed by atoms with van der Waals surface area (Å²) < 4.78 is 6.87. The third-order valence-electron chi connectivity index (χ3n) is 5.16. The van der Waals surface area contributed by atoms with Crippen LogP contribution in [0, 0.1) is 0 Å². The molecule has 0 saturated carbocycles. The van der Waals surface area contributed by atoms with Crippen molar-refractivity contribution in [3.63, 3.8) is 0 Å². The van der Waals surface area contributed by atoms with Gasteiger partial charge in [0, 0.05) is 29.4 Å². The van der Waals surface area contributed by atoms with E-state index in [9.17, 15) is 4.79 Å². The lowest BCUT2D eigenvalue weighted by atomic mass is 10.0. The van der Waals surface area contributed by atoms with Crippen LogP contribution in [0.2, 0.25) is 0 Å². The summed E-state index contributed by atoms with van der Waals surface area (Å²) in [7, 11) is 0. The standard InChI is InChI=1S/C18H20N4O2S/c23-18-17-14-12(13(21-18)10-22-5-1-2-6-22)4-3-7-24-15(14)16(25-17)11-8-19-20-9-11/h8-9H,1-7,10H2,(H,19,20)(H,21,23). The van der Waals surface area contributed by atoms with Gasteiger partial charge in [-0.05, 0) is 44.3 Å². The number of nitrogens with zero attached hydrogens (tertiary/aromatic N) is 2. The van der Waals surface area contributed by atoms with Crippen LogP contribution in [0.5, 0.6) is 5.75 Å². The molecule has 0 spiro atoms. The molecule has 5 rings (SSSR count). The number of pyridine rings is 1. The number of ether oxygens (including phenoxy) is 1. The maximum atomic E-state index is 12.8. The third kappa shape index (κ3) is 2.49. The van der Waals surface area contributed by atoms with Crippen molar-refractivity contribution in [2.45, 2.75) is 32.2 Å². The number of rotatable bonds is 3. The van der Waals surface area contributed by atoms with E-state index < -0.39 is 0 Å². The Morgan fingerprint density at radius 2 is 2.16 bits per heavy atom. The van der Waals surface area contributed by atoms with Crippen LogP contribution in [0.3, 0.4) is 0 Å². The molecule has 2 aliphatic heterocycles. The highest BCUT2D eigenvalue weighted by Crippen LogP contribution is 2.46. The molecule has 1 fully saturated rings. The lowest BCUT2D eigenvalue weighted by Gasteiger charge is -2.17. The summed E-state index contributed by atoms with van der Waals surface area (Å²) in [6.07, 6.45) is 8.06. The summed E-state index contributed by atoms with van der Waals surface area (Å²) in [4.78, 5) is 19.4. The molecule has 7 heteroatoms. The van der Waals surface area contributed by atoms with Crippen molar-refractivity contribution in [1.29, 1.82) is 0 Å². The average Bonchev–Trinajstić information content (AvgIpc) is 3.32. The minimum atomic E-state index is -0.000517. The molecule has 1 saturated heterocycles. The van der Waals surface area contributed by atoms with Crippen LogP contribution in [0.25, 0.3) is 20.5 Å². The molecule has 5 heterocycles. The Balaban J connectivity index is 1.73. The van der Waals surface area contributed by atoms with Gasteiger partial charge in [-0.3, -0.25) is 14.8 Å². The number of H-pyrrole nitrogens is 2. The van der Waals surface area contributed by atoms with E-state index in [1.807, 2.05) is 6.20 Å². The van der Waals surface area contributed by atoms with E-state index in [0.717, 1.165) is 64.4 Å². The normalized spacial score (nSPS) is 17.8. The number of aromatic nitrogens is 3. The zero-order valence-electron chi connectivity index (χ0n) is 13.9. The first kappa shape index (κ1) is 15.2. The first-order chi connectivity index (χ1) is 12.3. The first-order valence-corrected chi connectivity index (χ1v) is 9.68. The smallest absolute Gasteiger partial charge is 0.266 e. The van der Waals surface area contributed by atoms with Gasteiger partial charge in [0.1, 0.15) is 10.4 Å². The molecule has 25 heavy (non-hydrogen) atoms. The second kappa shape index (κ2) is 6.00. The Kier molecular flexibility index (Phi) is 3.64. The van der Waals surface area contributed by atoms with Gasteiger partial charge in [-0.25, -0.2) is 0 Å². The molecule has 2 aliphatic rings. The topological polar surface area (TPSA) is 74.0 Å². The SMILES string of the molecule is O=c1[nH]c(CN2CCCC2)c2c3c(c(-c4cn[nH]c4)sc13)OCCC2. The van der Waals surface area contributed by atoms with E-state index in [-0.39, 0.29) is 5.56 Å². The lowest BCUT2D eigenvalue weighted by Crippen LogP contribution is -2.22. The molecule has 130 valence electrons. The highest BCUT2D eigenvalue weighted by atomic mass is 32.1. The van der Waals surface area contributed by atoms with Gasteiger partial charge >= 0.3 is 0 Å². The predicted octanol–water partition coefficient (Wildman–Crippen LogP) is 2.90. The average molecular weight is 356 g/mol. The van der Waals surface area contributed by atoms with Gasteiger partial charge in [-0.15, -0.1) is 11.3 Å². The van der Waals surface area contributed by atoms with E-state index in [1.54, 1.807) is 6.20 Å². The van der Waals surface area contributed by atoms with Crippen LogP contribution in [0.15, 0.2) is 17.2 Å². The monoisotopic (exact) mass is 356 g/mol. The van der Waals surface area contributed by atoms with Crippen molar-refractivity contribution in [3.05, 3.63) is 34.0 Å². The van der Waals surface area contributed by atoms with E-state index in [1.165, 1.54) is 29.7 Å². The second-order valence-corrected chi connectivity index (χ2v) is 7.82. The Labute approximate surface area is 148 Å². The van der Waals surface area contributed by atoms with Crippen molar-refractivity contribution in [1.82, 2.24) is 20.1 Å². The fourth-order valence-electron chi connectivity index (χ4n) is 3.97. The number of aromatic amines is 2. The summed E-state index contributed by atoms with van der Waals surface area (Å²) in [6.45, 7) is 3.75. The molecule has 0 bridgehead atoms. The number of nitrogens with one attached hydrogen (secondary N) is 2. The number of thiophene rings is 1. The van der Waals surface area contributed by atoms with Crippen LogP contribution in [-0.4, -0.2) is 39.8 Å². The second-order valence-electron chi connectivity index (χ2n) is 6.80. The minimum Gasteiger partial charge on any atom is -0.491 e. The maximum absolute atomic E-state index is 12.8. The summed E-state index contributed by atoms with van der Waals surface area (Å²) in [5, 5.41) is 7.93. The fraction of sp³-hybridized carbons (Fsp3) is 0.444. The Bertz CT molecular complexity index is 967. The maximum Gasteiger partial charge on any atom is 0.266 e. The predicted molar refractivity (Wildman–Crippen MR) is 98.4 cm³/mol. The summed E-state index contributed by atoms with van der Waals surface area (Å²) in [5.74, 6) is 0.864. The molecule has 3 aromatic rings. The van der Waals surface area contributed by atoms with Gasteiger partial charge in [0.2, 0.25) is 0 Å². The Hall–Kier alpha value is -2.12. The van der Waals surface area contributed by atoms with Gasteiger partial charge in [0.05, 0.1) is 17.7 Å². The molecule has 2 N–H and O–H groups in total.